The average Bonchev–Trinajstić information content (AvgIpc) is 2.72. The molecule has 1 unspecified atom stereocenters. The predicted octanol–water partition coefficient (Wildman–Crippen LogP) is 4.63. The van der Waals surface area contributed by atoms with E-state index in [9.17, 15) is 9.59 Å². The van der Waals surface area contributed by atoms with Crippen LogP contribution in [0.1, 0.15) is 31.1 Å². The van der Waals surface area contributed by atoms with Crippen molar-refractivity contribution in [2.24, 2.45) is 5.92 Å². The van der Waals surface area contributed by atoms with Crippen molar-refractivity contribution in [3.8, 4) is 5.75 Å². The first-order valence-corrected chi connectivity index (χ1v) is 9.77. The second kappa shape index (κ2) is 9.24. The molecule has 2 amide bonds. The molecule has 0 aliphatic carbocycles. The Morgan fingerprint density at radius 1 is 0.897 bits per heavy atom. The highest BCUT2D eigenvalue weighted by Gasteiger charge is 2.18. The molecule has 29 heavy (non-hydrogen) atoms. The second-order valence-corrected chi connectivity index (χ2v) is 7.41. The molecule has 0 aromatic heterocycles. The Bertz CT molecular complexity index is 1010. The van der Waals surface area contributed by atoms with E-state index in [1.54, 1.807) is 31.2 Å². The molecule has 3 aromatic carbocycles. The van der Waals surface area contributed by atoms with Crippen LogP contribution in [0.3, 0.4) is 0 Å². The first kappa shape index (κ1) is 20.4. The predicted molar refractivity (Wildman–Crippen MR) is 116 cm³/mol. The van der Waals surface area contributed by atoms with E-state index in [0.29, 0.717) is 29.5 Å². The summed E-state index contributed by atoms with van der Waals surface area (Å²) in [7, 11) is 0. The number of hydrogen-bond acceptors (Lipinski definition) is 3. The fourth-order valence-electron chi connectivity index (χ4n) is 2.91. The summed E-state index contributed by atoms with van der Waals surface area (Å²) in [5.41, 5.74) is 0.895. The lowest BCUT2D eigenvalue weighted by molar-refractivity contribution is -0.122. The number of para-hydroxylation sites is 1. The van der Waals surface area contributed by atoms with Gasteiger partial charge in [0.05, 0.1) is 11.3 Å². The number of rotatable bonds is 7. The minimum atomic E-state index is -0.719. The zero-order valence-electron chi connectivity index (χ0n) is 16.9. The molecule has 1 atom stereocenters. The molecular weight excluding hydrogens is 364 g/mol. The number of anilines is 1. The SMILES string of the molecule is CC(C)CNC(=O)c1ccccc1NC(=O)C(C)Oc1ccc2ccccc2c1. The van der Waals surface area contributed by atoms with Crippen LogP contribution in [0.15, 0.2) is 66.7 Å². The highest BCUT2D eigenvalue weighted by atomic mass is 16.5. The summed E-state index contributed by atoms with van der Waals surface area (Å²) >= 11 is 0. The van der Waals surface area contributed by atoms with Gasteiger partial charge in [-0.15, -0.1) is 0 Å². The Kier molecular flexibility index (Phi) is 6.50. The van der Waals surface area contributed by atoms with E-state index >= 15 is 0 Å². The second-order valence-electron chi connectivity index (χ2n) is 7.41. The third-order valence-electron chi connectivity index (χ3n) is 4.50. The smallest absolute Gasteiger partial charge is 0.265 e. The van der Waals surface area contributed by atoms with Crippen molar-refractivity contribution >= 4 is 28.3 Å². The van der Waals surface area contributed by atoms with E-state index in [0.717, 1.165) is 10.8 Å². The van der Waals surface area contributed by atoms with Crippen LogP contribution in [-0.4, -0.2) is 24.5 Å². The normalized spacial score (nSPS) is 11.9. The van der Waals surface area contributed by atoms with Crippen LogP contribution >= 0.6 is 0 Å². The molecule has 0 saturated carbocycles. The summed E-state index contributed by atoms with van der Waals surface area (Å²) in [5.74, 6) is 0.436. The highest BCUT2D eigenvalue weighted by Crippen LogP contribution is 2.22. The van der Waals surface area contributed by atoms with Crippen molar-refractivity contribution in [3.63, 3.8) is 0 Å². The van der Waals surface area contributed by atoms with E-state index in [-0.39, 0.29) is 11.8 Å². The lowest BCUT2D eigenvalue weighted by atomic mass is 10.1. The molecule has 0 radical (unpaired) electrons. The molecule has 2 N–H and O–H groups in total. The third-order valence-corrected chi connectivity index (χ3v) is 4.50. The van der Waals surface area contributed by atoms with Gasteiger partial charge in [-0.2, -0.15) is 0 Å². The van der Waals surface area contributed by atoms with Gasteiger partial charge in [0.1, 0.15) is 5.75 Å². The van der Waals surface area contributed by atoms with Crippen LogP contribution < -0.4 is 15.4 Å². The Morgan fingerprint density at radius 2 is 1.59 bits per heavy atom. The fraction of sp³-hybridized carbons (Fsp3) is 0.250. The number of fused-ring (bicyclic) bond motifs is 1. The number of amides is 2. The summed E-state index contributed by atoms with van der Waals surface area (Å²) in [6.07, 6.45) is -0.719. The summed E-state index contributed by atoms with van der Waals surface area (Å²) in [4.78, 5) is 25.1. The Hall–Kier alpha value is -3.34. The summed E-state index contributed by atoms with van der Waals surface area (Å²) in [6.45, 7) is 6.31. The zero-order chi connectivity index (χ0) is 20.8. The molecule has 0 spiro atoms. The largest absolute Gasteiger partial charge is 0.481 e. The van der Waals surface area contributed by atoms with Gasteiger partial charge >= 0.3 is 0 Å². The molecule has 0 aliphatic heterocycles. The monoisotopic (exact) mass is 390 g/mol. The topological polar surface area (TPSA) is 67.4 Å². The van der Waals surface area contributed by atoms with Crippen molar-refractivity contribution < 1.29 is 14.3 Å². The van der Waals surface area contributed by atoms with Crippen LogP contribution in [0.5, 0.6) is 5.75 Å². The maximum atomic E-state index is 12.7. The van der Waals surface area contributed by atoms with Crippen LogP contribution in [0.2, 0.25) is 0 Å². The van der Waals surface area contributed by atoms with Crippen molar-refractivity contribution in [2.75, 3.05) is 11.9 Å². The first-order chi connectivity index (χ1) is 13.9. The minimum Gasteiger partial charge on any atom is -0.481 e. The summed E-state index contributed by atoms with van der Waals surface area (Å²) in [6, 6.07) is 20.6. The molecule has 0 fully saturated rings. The molecule has 150 valence electrons. The maximum Gasteiger partial charge on any atom is 0.265 e. The first-order valence-electron chi connectivity index (χ1n) is 9.77. The Morgan fingerprint density at radius 3 is 2.34 bits per heavy atom. The van der Waals surface area contributed by atoms with Crippen LogP contribution in [0.25, 0.3) is 10.8 Å². The third kappa shape index (κ3) is 5.35. The van der Waals surface area contributed by atoms with Crippen LogP contribution in [0.4, 0.5) is 5.69 Å². The fourth-order valence-corrected chi connectivity index (χ4v) is 2.91. The van der Waals surface area contributed by atoms with Gasteiger partial charge in [-0.25, -0.2) is 0 Å². The number of carbonyl (C=O) groups is 2. The molecule has 3 aromatic rings. The molecule has 3 rings (SSSR count). The average molecular weight is 390 g/mol. The van der Waals surface area contributed by atoms with E-state index in [2.05, 4.69) is 10.6 Å². The van der Waals surface area contributed by atoms with E-state index in [1.165, 1.54) is 0 Å². The Balaban J connectivity index is 1.68. The number of carbonyl (C=O) groups excluding carboxylic acids is 2. The maximum absolute atomic E-state index is 12.7. The van der Waals surface area contributed by atoms with Gasteiger partial charge in [0, 0.05) is 6.54 Å². The van der Waals surface area contributed by atoms with Gasteiger partial charge in [0.25, 0.3) is 11.8 Å². The lowest BCUT2D eigenvalue weighted by Gasteiger charge is -2.17. The van der Waals surface area contributed by atoms with Gasteiger partial charge in [0.15, 0.2) is 6.10 Å². The molecule has 0 aliphatic rings. The molecule has 0 saturated heterocycles. The number of benzene rings is 3. The molecule has 0 heterocycles. The van der Waals surface area contributed by atoms with Gasteiger partial charge < -0.3 is 15.4 Å². The number of hydrogen-bond donors (Lipinski definition) is 2. The van der Waals surface area contributed by atoms with Gasteiger partial charge in [-0.3, -0.25) is 9.59 Å². The lowest BCUT2D eigenvalue weighted by Crippen LogP contribution is -2.32. The number of nitrogens with one attached hydrogen (secondary N) is 2. The summed E-state index contributed by atoms with van der Waals surface area (Å²) < 4.78 is 5.82. The molecule has 5 heteroatoms. The van der Waals surface area contributed by atoms with Crippen molar-refractivity contribution in [1.29, 1.82) is 0 Å². The standard InChI is InChI=1S/C24H26N2O3/c1-16(2)15-25-24(28)21-10-6-7-11-22(21)26-23(27)17(3)29-20-13-12-18-8-4-5-9-19(18)14-20/h4-14,16-17H,15H2,1-3H3,(H,25,28)(H,26,27). The number of ether oxygens (including phenoxy) is 1. The van der Waals surface area contributed by atoms with Crippen molar-refractivity contribution in [1.82, 2.24) is 5.32 Å². The Labute approximate surface area is 171 Å². The zero-order valence-corrected chi connectivity index (χ0v) is 16.9. The van der Waals surface area contributed by atoms with E-state index < -0.39 is 6.10 Å². The van der Waals surface area contributed by atoms with Crippen LogP contribution in [-0.2, 0) is 4.79 Å². The van der Waals surface area contributed by atoms with Gasteiger partial charge in [0.2, 0.25) is 0 Å². The van der Waals surface area contributed by atoms with Crippen molar-refractivity contribution in [2.45, 2.75) is 26.9 Å². The van der Waals surface area contributed by atoms with Gasteiger partial charge in [-0.1, -0.05) is 56.3 Å². The van der Waals surface area contributed by atoms with Crippen LogP contribution in [0, 0.1) is 5.92 Å². The summed E-state index contributed by atoms with van der Waals surface area (Å²) in [5, 5.41) is 7.84. The van der Waals surface area contributed by atoms with E-state index in [1.807, 2.05) is 56.3 Å². The van der Waals surface area contributed by atoms with Gasteiger partial charge in [-0.05, 0) is 47.9 Å². The molecule has 0 bridgehead atoms. The minimum absolute atomic E-state index is 0.210. The molecule has 5 nitrogen and oxygen atoms in total. The quantitative estimate of drug-likeness (QED) is 0.618. The van der Waals surface area contributed by atoms with Crippen molar-refractivity contribution in [3.05, 3.63) is 72.3 Å². The van der Waals surface area contributed by atoms with E-state index in [4.69, 9.17) is 4.74 Å². The highest BCUT2D eigenvalue weighted by molar-refractivity contribution is 6.04. The molecular formula is C24H26N2O3.